The molecular weight excluding hydrogens is 390 g/mol. The lowest BCUT2D eigenvalue weighted by molar-refractivity contribution is 0.0734. The zero-order valence-electron chi connectivity index (χ0n) is 16.8. The van der Waals surface area contributed by atoms with Crippen LogP contribution in [0.4, 0.5) is 0 Å². The van der Waals surface area contributed by atoms with Crippen LogP contribution >= 0.6 is 0 Å². The van der Waals surface area contributed by atoms with Crippen molar-refractivity contribution in [1.82, 2.24) is 10.4 Å². The Balaban J connectivity index is 1.64. The molecule has 1 aromatic heterocycles. The molecule has 0 aliphatic carbocycles. The quantitative estimate of drug-likeness (QED) is 0.227. The number of carbonyl (C=O) groups is 2. The third kappa shape index (κ3) is 4.64. The summed E-state index contributed by atoms with van der Waals surface area (Å²) in [5, 5.41) is 5.89. The summed E-state index contributed by atoms with van der Waals surface area (Å²) in [6.45, 7) is 1.91. The van der Waals surface area contributed by atoms with Crippen LogP contribution in [0.2, 0.25) is 0 Å². The molecule has 4 rings (SSSR count). The zero-order chi connectivity index (χ0) is 21.6. The van der Waals surface area contributed by atoms with Crippen LogP contribution in [0.1, 0.15) is 31.8 Å². The Kier molecular flexibility index (Phi) is 5.80. The molecule has 0 aliphatic heterocycles. The monoisotopic (exact) mass is 409 g/mol. The molecule has 1 N–H and O–H groups in total. The molecule has 1 heterocycles. The first-order chi connectivity index (χ1) is 15.1. The second-order valence-corrected chi connectivity index (χ2v) is 6.89. The summed E-state index contributed by atoms with van der Waals surface area (Å²) >= 11 is 0. The summed E-state index contributed by atoms with van der Waals surface area (Å²) < 4.78 is 5.69. The largest absolute Gasteiger partial charge is 0.422 e. The molecule has 0 bridgehead atoms. The van der Waals surface area contributed by atoms with E-state index < -0.39 is 5.97 Å². The summed E-state index contributed by atoms with van der Waals surface area (Å²) in [7, 11) is 0. The lowest BCUT2D eigenvalue weighted by atomic mass is 10.0. The standard InChI is InChI=1S/C25H19N3O3/c1-17-5-4-7-20(15-17)25(30)31-23-10-9-18-6-2-3-8-21(18)22(23)16-27-28-24(29)19-11-13-26-14-12-19/h2-16H,1H3,(H,28,29)/b27-16-. The number of fused-ring (bicyclic) bond motifs is 1. The number of nitrogens with one attached hydrogen (secondary N) is 1. The maximum Gasteiger partial charge on any atom is 0.343 e. The van der Waals surface area contributed by atoms with Crippen molar-refractivity contribution in [2.75, 3.05) is 0 Å². The van der Waals surface area contributed by atoms with E-state index in [0.29, 0.717) is 22.4 Å². The summed E-state index contributed by atoms with van der Waals surface area (Å²) in [4.78, 5) is 28.8. The molecule has 1 amide bonds. The van der Waals surface area contributed by atoms with Gasteiger partial charge in [0.25, 0.3) is 5.91 Å². The molecule has 6 nitrogen and oxygen atoms in total. The summed E-state index contributed by atoms with van der Waals surface area (Å²) in [6, 6.07) is 21.7. The van der Waals surface area contributed by atoms with Crippen LogP contribution in [0, 0.1) is 6.92 Å². The molecule has 0 fully saturated rings. The topological polar surface area (TPSA) is 80.6 Å². The number of hydrogen-bond donors (Lipinski definition) is 1. The van der Waals surface area contributed by atoms with Gasteiger partial charge >= 0.3 is 5.97 Å². The zero-order valence-corrected chi connectivity index (χ0v) is 16.8. The second kappa shape index (κ2) is 9.00. The number of hydrazone groups is 1. The van der Waals surface area contributed by atoms with E-state index >= 15 is 0 Å². The Morgan fingerprint density at radius 3 is 2.55 bits per heavy atom. The van der Waals surface area contributed by atoms with Crippen molar-refractivity contribution in [1.29, 1.82) is 0 Å². The number of aryl methyl sites for hydroxylation is 1. The highest BCUT2D eigenvalue weighted by molar-refractivity contribution is 6.04. The second-order valence-electron chi connectivity index (χ2n) is 6.89. The lowest BCUT2D eigenvalue weighted by Gasteiger charge is -2.11. The number of aromatic nitrogens is 1. The van der Waals surface area contributed by atoms with E-state index in [1.165, 1.54) is 18.6 Å². The smallest absolute Gasteiger partial charge is 0.343 e. The fraction of sp³-hybridized carbons (Fsp3) is 0.0400. The molecule has 0 atom stereocenters. The van der Waals surface area contributed by atoms with Crippen molar-refractivity contribution >= 4 is 28.9 Å². The highest BCUT2D eigenvalue weighted by Crippen LogP contribution is 2.27. The van der Waals surface area contributed by atoms with Gasteiger partial charge in [0.05, 0.1) is 11.8 Å². The molecule has 0 unspecified atom stereocenters. The van der Waals surface area contributed by atoms with Crippen LogP contribution in [-0.2, 0) is 0 Å². The van der Waals surface area contributed by atoms with Gasteiger partial charge in [0.15, 0.2) is 0 Å². The minimum absolute atomic E-state index is 0.354. The normalized spacial score (nSPS) is 10.9. The summed E-state index contributed by atoms with van der Waals surface area (Å²) in [5.41, 5.74) is 4.95. The Morgan fingerprint density at radius 1 is 0.935 bits per heavy atom. The van der Waals surface area contributed by atoms with Gasteiger partial charge in [0, 0.05) is 23.5 Å². The number of esters is 1. The van der Waals surface area contributed by atoms with Crippen LogP contribution < -0.4 is 10.2 Å². The predicted octanol–water partition coefficient (Wildman–Crippen LogP) is 4.53. The van der Waals surface area contributed by atoms with Crippen LogP contribution in [0.25, 0.3) is 10.8 Å². The van der Waals surface area contributed by atoms with Crippen LogP contribution in [0.5, 0.6) is 5.75 Å². The molecule has 4 aromatic rings. The number of ether oxygens (including phenoxy) is 1. The highest BCUT2D eigenvalue weighted by atomic mass is 16.5. The van der Waals surface area contributed by atoms with Gasteiger partial charge in [-0.25, -0.2) is 10.2 Å². The number of carbonyl (C=O) groups excluding carboxylic acids is 2. The molecule has 0 aliphatic rings. The molecule has 6 heteroatoms. The SMILES string of the molecule is Cc1cccc(C(=O)Oc2ccc3ccccc3c2/C=N\NC(=O)c2ccncc2)c1. The molecule has 0 saturated carbocycles. The molecule has 152 valence electrons. The molecule has 0 saturated heterocycles. The van der Waals surface area contributed by atoms with E-state index in [1.807, 2.05) is 49.4 Å². The van der Waals surface area contributed by atoms with Gasteiger partial charge in [-0.2, -0.15) is 5.10 Å². The Bertz CT molecular complexity index is 1280. The van der Waals surface area contributed by atoms with E-state index in [4.69, 9.17) is 4.74 Å². The van der Waals surface area contributed by atoms with E-state index in [2.05, 4.69) is 15.5 Å². The third-order valence-corrected chi connectivity index (χ3v) is 4.69. The molecule has 31 heavy (non-hydrogen) atoms. The predicted molar refractivity (Wildman–Crippen MR) is 119 cm³/mol. The number of hydrogen-bond acceptors (Lipinski definition) is 5. The van der Waals surface area contributed by atoms with E-state index in [0.717, 1.165) is 16.3 Å². The number of pyridine rings is 1. The maximum absolute atomic E-state index is 12.7. The number of benzene rings is 3. The van der Waals surface area contributed by atoms with Crippen LogP contribution in [0.3, 0.4) is 0 Å². The Hall–Kier alpha value is -4.32. The average Bonchev–Trinajstić information content (AvgIpc) is 2.80. The van der Waals surface area contributed by atoms with Gasteiger partial charge in [-0.3, -0.25) is 9.78 Å². The van der Waals surface area contributed by atoms with Gasteiger partial charge in [-0.05, 0) is 48.0 Å². The molecule has 0 spiro atoms. The highest BCUT2D eigenvalue weighted by Gasteiger charge is 2.14. The van der Waals surface area contributed by atoms with Crippen LogP contribution in [0.15, 0.2) is 90.3 Å². The maximum atomic E-state index is 12.7. The van der Waals surface area contributed by atoms with Gasteiger partial charge in [0.2, 0.25) is 0 Å². The minimum Gasteiger partial charge on any atom is -0.422 e. The number of nitrogens with zero attached hydrogens (tertiary/aromatic N) is 2. The number of amides is 1. The minimum atomic E-state index is -0.463. The van der Waals surface area contributed by atoms with Crippen molar-refractivity contribution < 1.29 is 14.3 Å². The fourth-order valence-electron chi connectivity index (χ4n) is 3.15. The number of rotatable bonds is 5. The van der Waals surface area contributed by atoms with E-state index in [-0.39, 0.29) is 5.91 Å². The Labute approximate surface area is 179 Å². The van der Waals surface area contributed by atoms with Crippen molar-refractivity contribution in [3.05, 3.63) is 107 Å². The first-order valence-electron chi connectivity index (χ1n) is 9.66. The fourth-order valence-corrected chi connectivity index (χ4v) is 3.15. The van der Waals surface area contributed by atoms with E-state index in [9.17, 15) is 9.59 Å². The van der Waals surface area contributed by atoms with Crippen LogP contribution in [-0.4, -0.2) is 23.1 Å². The lowest BCUT2D eigenvalue weighted by Crippen LogP contribution is -2.17. The molecular formula is C25H19N3O3. The average molecular weight is 409 g/mol. The summed E-state index contributed by atoms with van der Waals surface area (Å²) in [6.07, 6.45) is 4.55. The first kappa shape index (κ1) is 20.0. The summed E-state index contributed by atoms with van der Waals surface area (Å²) in [5.74, 6) is -0.473. The molecule has 0 radical (unpaired) electrons. The van der Waals surface area contributed by atoms with Crippen molar-refractivity contribution in [3.8, 4) is 5.75 Å². The van der Waals surface area contributed by atoms with Gasteiger partial charge in [-0.15, -0.1) is 0 Å². The van der Waals surface area contributed by atoms with Crippen molar-refractivity contribution in [2.45, 2.75) is 6.92 Å². The third-order valence-electron chi connectivity index (χ3n) is 4.69. The van der Waals surface area contributed by atoms with Crippen molar-refractivity contribution in [2.24, 2.45) is 5.10 Å². The molecule has 3 aromatic carbocycles. The van der Waals surface area contributed by atoms with Crippen molar-refractivity contribution in [3.63, 3.8) is 0 Å². The van der Waals surface area contributed by atoms with Gasteiger partial charge < -0.3 is 4.74 Å². The van der Waals surface area contributed by atoms with E-state index in [1.54, 1.807) is 30.3 Å². The first-order valence-corrected chi connectivity index (χ1v) is 9.66. The van der Waals surface area contributed by atoms with Gasteiger partial charge in [0.1, 0.15) is 5.75 Å². The Morgan fingerprint density at radius 2 is 1.74 bits per heavy atom. The van der Waals surface area contributed by atoms with Gasteiger partial charge in [-0.1, -0.05) is 48.0 Å².